The number of para-hydroxylation sites is 1. The lowest BCUT2D eigenvalue weighted by Crippen LogP contribution is -2.07. The molecule has 4 nitrogen and oxygen atoms in total. The van der Waals surface area contributed by atoms with E-state index in [2.05, 4.69) is 5.10 Å². The quantitative estimate of drug-likeness (QED) is 0.884. The SMILES string of the molecule is CCCOc1cnn(-c2c(F)cccc2CN)c1. The van der Waals surface area contributed by atoms with Crippen LogP contribution in [0.15, 0.2) is 30.6 Å². The summed E-state index contributed by atoms with van der Waals surface area (Å²) in [5.74, 6) is 0.283. The maximum atomic E-state index is 13.8. The zero-order valence-electron chi connectivity index (χ0n) is 10.3. The first-order valence-corrected chi connectivity index (χ1v) is 5.91. The number of halogens is 1. The predicted octanol–water partition coefficient (Wildman–Crippen LogP) is 2.26. The second-order valence-corrected chi connectivity index (χ2v) is 3.92. The Morgan fingerprint density at radius 1 is 1.44 bits per heavy atom. The Balaban J connectivity index is 2.33. The minimum atomic E-state index is -0.344. The van der Waals surface area contributed by atoms with Gasteiger partial charge in [-0.1, -0.05) is 19.1 Å². The van der Waals surface area contributed by atoms with Gasteiger partial charge in [-0.3, -0.25) is 0 Å². The Morgan fingerprint density at radius 2 is 2.28 bits per heavy atom. The summed E-state index contributed by atoms with van der Waals surface area (Å²) >= 11 is 0. The van der Waals surface area contributed by atoms with Gasteiger partial charge in [0, 0.05) is 6.54 Å². The molecule has 0 atom stereocenters. The van der Waals surface area contributed by atoms with Crippen molar-refractivity contribution in [2.75, 3.05) is 6.61 Å². The number of nitrogens with two attached hydrogens (primary N) is 1. The zero-order chi connectivity index (χ0) is 13.0. The van der Waals surface area contributed by atoms with Gasteiger partial charge >= 0.3 is 0 Å². The summed E-state index contributed by atoms with van der Waals surface area (Å²) in [6.45, 7) is 2.90. The first-order chi connectivity index (χ1) is 8.76. The van der Waals surface area contributed by atoms with Gasteiger partial charge in [-0.05, 0) is 18.1 Å². The number of aromatic nitrogens is 2. The van der Waals surface area contributed by atoms with Crippen LogP contribution in [0, 0.1) is 5.82 Å². The molecule has 0 bridgehead atoms. The molecule has 1 heterocycles. The first-order valence-electron chi connectivity index (χ1n) is 5.91. The molecule has 2 N–H and O–H groups in total. The third kappa shape index (κ3) is 2.51. The fraction of sp³-hybridized carbons (Fsp3) is 0.308. The van der Waals surface area contributed by atoms with Gasteiger partial charge in [-0.15, -0.1) is 0 Å². The van der Waals surface area contributed by atoms with E-state index in [9.17, 15) is 4.39 Å². The van der Waals surface area contributed by atoms with Crippen molar-refractivity contribution in [2.45, 2.75) is 19.9 Å². The lowest BCUT2D eigenvalue weighted by atomic mass is 10.1. The molecule has 5 heteroatoms. The summed E-state index contributed by atoms with van der Waals surface area (Å²) < 4.78 is 20.7. The molecule has 0 saturated heterocycles. The van der Waals surface area contributed by atoms with E-state index in [1.165, 1.54) is 10.7 Å². The molecule has 2 rings (SSSR count). The van der Waals surface area contributed by atoms with Crippen molar-refractivity contribution >= 4 is 0 Å². The fourth-order valence-electron chi connectivity index (χ4n) is 1.70. The van der Waals surface area contributed by atoms with Crippen molar-refractivity contribution in [3.05, 3.63) is 42.0 Å². The number of rotatable bonds is 5. The molecule has 0 amide bonds. The molecule has 1 aromatic heterocycles. The largest absolute Gasteiger partial charge is 0.490 e. The van der Waals surface area contributed by atoms with Crippen LogP contribution in [0.3, 0.4) is 0 Å². The first kappa shape index (κ1) is 12.6. The van der Waals surface area contributed by atoms with Crippen LogP contribution in [0.1, 0.15) is 18.9 Å². The van der Waals surface area contributed by atoms with Crippen LogP contribution in [-0.4, -0.2) is 16.4 Å². The highest BCUT2D eigenvalue weighted by atomic mass is 19.1. The molecule has 0 fully saturated rings. The van der Waals surface area contributed by atoms with Crippen LogP contribution < -0.4 is 10.5 Å². The summed E-state index contributed by atoms with van der Waals surface area (Å²) in [7, 11) is 0. The lowest BCUT2D eigenvalue weighted by Gasteiger charge is -2.08. The van der Waals surface area contributed by atoms with E-state index in [4.69, 9.17) is 10.5 Å². The summed E-state index contributed by atoms with van der Waals surface area (Å²) in [6.07, 6.45) is 4.15. The van der Waals surface area contributed by atoms with Crippen molar-refractivity contribution in [1.82, 2.24) is 9.78 Å². The van der Waals surface area contributed by atoms with Gasteiger partial charge in [0.05, 0.1) is 19.0 Å². The molecule has 18 heavy (non-hydrogen) atoms. The van der Waals surface area contributed by atoms with Crippen LogP contribution in [0.2, 0.25) is 0 Å². The molecular weight excluding hydrogens is 233 g/mol. The molecule has 0 unspecified atom stereocenters. The van der Waals surface area contributed by atoms with E-state index in [1.807, 2.05) is 6.92 Å². The molecule has 96 valence electrons. The molecule has 0 aliphatic heterocycles. The zero-order valence-corrected chi connectivity index (χ0v) is 10.3. The van der Waals surface area contributed by atoms with Gasteiger partial charge in [-0.25, -0.2) is 9.07 Å². The van der Waals surface area contributed by atoms with E-state index in [1.54, 1.807) is 24.5 Å². The predicted molar refractivity (Wildman–Crippen MR) is 67.2 cm³/mol. The topological polar surface area (TPSA) is 53.1 Å². The molecule has 2 aromatic rings. The summed E-state index contributed by atoms with van der Waals surface area (Å²) in [5.41, 5.74) is 6.69. The van der Waals surface area contributed by atoms with Crippen molar-refractivity contribution in [2.24, 2.45) is 5.73 Å². The molecule has 0 spiro atoms. The van der Waals surface area contributed by atoms with Crippen LogP contribution >= 0.6 is 0 Å². The Kier molecular flexibility index (Phi) is 3.94. The van der Waals surface area contributed by atoms with Gasteiger partial charge in [-0.2, -0.15) is 5.10 Å². The molecule has 0 aliphatic carbocycles. The lowest BCUT2D eigenvalue weighted by molar-refractivity contribution is 0.317. The Bertz CT molecular complexity index is 525. The van der Waals surface area contributed by atoms with E-state index in [0.717, 1.165) is 6.42 Å². The molecule has 1 aromatic carbocycles. The number of hydrogen-bond acceptors (Lipinski definition) is 3. The average molecular weight is 249 g/mol. The summed E-state index contributed by atoms with van der Waals surface area (Å²) in [5, 5.41) is 4.10. The van der Waals surface area contributed by atoms with Crippen molar-refractivity contribution in [3.8, 4) is 11.4 Å². The number of hydrogen-bond donors (Lipinski definition) is 1. The molecular formula is C13H16FN3O. The van der Waals surface area contributed by atoms with Crippen molar-refractivity contribution < 1.29 is 9.13 Å². The maximum Gasteiger partial charge on any atom is 0.157 e. The van der Waals surface area contributed by atoms with Gasteiger partial charge in [0.15, 0.2) is 5.75 Å². The smallest absolute Gasteiger partial charge is 0.157 e. The number of benzene rings is 1. The fourth-order valence-corrected chi connectivity index (χ4v) is 1.70. The van der Waals surface area contributed by atoms with Crippen molar-refractivity contribution in [1.29, 1.82) is 0 Å². The standard InChI is InChI=1S/C13H16FN3O/c1-2-6-18-11-8-16-17(9-11)13-10(7-15)4-3-5-12(13)14/h3-5,8-9H,2,6-7,15H2,1H3. The van der Waals surface area contributed by atoms with Crippen LogP contribution in [0.5, 0.6) is 5.75 Å². The second-order valence-electron chi connectivity index (χ2n) is 3.92. The highest BCUT2D eigenvalue weighted by Crippen LogP contribution is 2.20. The second kappa shape index (κ2) is 5.64. The van der Waals surface area contributed by atoms with E-state index in [0.29, 0.717) is 23.6 Å². The van der Waals surface area contributed by atoms with Gasteiger partial charge in [0.25, 0.3) is 0 Å². The summed E-state index contributed by atoms with van der Waals surface area (Å²) in [6, 6.07) is 4.81. The normalized spacial score (nSPS) is 10.6. The molecule has 0 aliphatic rings. The maximum absolute atomic E-state index is 13.8. The monoisotopic (exact) mass is 249 g/mol. The Labute approximate surface area is 105 Å². The van der Waals surface area contributed by atoms with Crippen LogP contribution in [-0.2, 0) is 6.54 Å². The molecule has 0 radical (unpaired) electrons. The van der Waals surface area contributed by atoms with Crippen molar-refractivity contribution in [3.63, 3.8) is 0 Å². The van der Waals surface area contributed by atoms with Crippen LogP contribution in [0.25, 0.3) is 5.69 Å². The van der Waals surface area contributed by atoms with E-state index >= 15 is 0 Å². The third-order valence-electron chi connectivity index (χ3n) is 2.55. The van der Waals surface area contributed by atoms with E-state index in [-0.39, 0.29) is 12.4 Å². The van der Waals surface area contributed by atoms with Crippen LogP contribution in [0.4, 0.5) is 4.39 Å². The highest BCUT2D eigenvalue weighted by Gasteiger charge is 2.11. The minimum Gasteiger partial charge on any atom is -0.490 e. The average Bonchev–Trinajstić information content (AvgIpc) is 2.84. The number of ether oxygens (including phenoxy) is 1. The number of nitrogens with zero attached hydrogens (tertiary/aromatic N) is 2. The van der Waals surface area contributed by atoms with Gasteiger partial charge in [0.1, 0.15) is 11.5 Å². The van der Waals surface area contributed by atoms with Gasteiger partial charge < -0.3 is 10.5 Å². The van der Waals surface area contributed by atoms with E-state index < -0.39 is 0 Å². The summed E-state index contributed by atoms with van der Waals surface area (Å²) in [4.78, 5) is 0. The Hall–Kier alpha value is -1.88. The molecule has 0 saturated carbocycles. The minimum absolute atomic E-state index is 0.262. The Morgan fingerprint density at radius 3 is 3.00 bits per heavy atom. The van der Waals surface area contributed by atoms with Gasteiger partial charge in [0.2, 0.25) is 0 Å². The highest BCUT2D eigenvalue weighted by molar-refractivity contribution is 5.42. The third-order valence-corrected chi connectivity index (χ3v) is 2.55.